The number of amides is 1. The molecule has 0 radical (unpaired) electrons. The minimum atomic E-state index is -0.247. The zero-order valence-electron chi connectivity index (χ0n) is 8.72. The molecule has 0 atom stereocenters. The lowest BCUT2D eigenvalue weighted by Crippen LogP contribution is -2.24. The Hall–Kier alpha value is -0.640. The Kier molecular flexibility index (Phi) is 5.19. The fraction of sp³-hybridized carbons (Fsp3) is 0.182. The van der Waals surface area contributed by atoms with Gasteiger partial charge in [-0.2, -0.15) is 0 Å². The SMILES string of the molecule is C=C(Cl)CNC(=O)c1cc(SC)ccc1Cl. The molecule has 0 aromatic heterocycles. The fourth-order valence-electron chi connectivity index (χ4n) is 1.08. The van der Waals surface area contributed by atoms with Gasteiger partial charge in [-0.1, -0.05) is 29.8 Å². The van der Waals surface area contributed by atoms with Gasteiger partial charge in [0.2, 0.25) is 0 Å². The van der Waals surface area contributed by atoms with E-state index in [4.69, 9.17) is 23.2 Å². The van der Waals surface area contributed by atoms with Gasteiger partial charge in [0.25, 0.3) is 5.91 Å². The summed E-state index contributed by atoms with van der Waals surface area (Å²) in [6.07, 6.45) is 1.94. The van der Waals surface area contributed by atoms with Gasteiger partial charge in [0.05, 0.1) is 17.1 Å². The molecule has 1 rings (SSSR count). The molecule has 0 heterocycles. The fourth-order valence-corrected chi connectivity index (χ4v) is 1.79. The Morgan fingerprint density at radius 1 is 1.56 bits per heavy atom. The molecular formula is C11H11Cl2NOS. The molecule has 16 heavy (non-hydrogen) atoms. The summed E-state index contributed by atoms with van der Waals surface area (Å²) in [6, 6.07) is 5.32. The highest BCUT2D eigenvalue weighted by atomic mass is 35.5. The number of hydrogen-bond acceptors (Lipinski definition) is 2. The molecule has 1 aromatic carbocycles. The normalized spacial score (nSPS) is 9.94. The van der Waals surface area contributed by atoms with Gasteiger partial charge in [0.15, 0.2) is 0 Å². The summed E-state index contributed by atoms with van der Waals surface area (Å²) in [4.78, 5) is 12.7. The molecule has 0 aliphatic rings. The van der Waals surface area contributed by atoms with E-state index in [1.165, 1.54) is 0 Å². The molecule has 0 saturated carbocycles. The minimum Gasteiger partial charge on any atom is -0.347 e. The van der Waals surface area contributed by atoms with Crippen LogP contribution in [0.4, 0.5) is 0 Å². The lowest BCUT2D eigenvalue weighted by Gasteiger charge is -2.07. The average molecular weight is 276 g/mol. The van der Waals surface area contributed by atoms with E-state index in [-0.39, 0.29) is 12.5 Å². The summed E-state index contributed by atoms with van der Waals surface area (Å²) in [6.45, 7) is 3.73. The van der Waals surface area contributed by atoms with E-state index in [2.05, 4.69) is 11.9 Å². The van der Waals surface area contributed by atoms with Crippen molar-refractivity contribution in [3.63, 3.8) is 0 Å². The van der Waals surface area contributed by atoms with Crippen LogP contribution in [-0.2, 0) is 0 Å². The topological polar surface area (TPSA) is 29.1 Å². The largest absolute Gasteiger partial charge is 0.347 e. The van der Waals surface area contributed by atoms with Crippen molar-refractivity contribution in [2.24, 2.45) is 0 Å². The second-order valence-electron chi connectivity index (χ2n) is 3.05. The first-order valence-corrected chi connectivity index (χ1v) is 6.47. The molecule has 0 bridgehead atoms. The second-order valence-corrected chi connectivity index (χ2v) is 4.87. The molecule has 0 unspecified atom stereocenters. The van der Waals surface area contributed by atoms with Gasteiger partial charge in [0.1, 0.15) is 0 Å². The summed E-state index contributed by atoms with van der Waals surface area (Å²) in [7, 11) is 0. The highest BCUT2D eigenvalue weighted by molar-refractivity contribution is 7.98. The van der Waals surface area contributed by atoms with Gasteiger partial charge in [0, 0.05) is 9.93 Å². The van der Waals surface area contributed by atoms with E-state index in [1.807, 2.05) is 12.3 Å². The molecule has 0 aliphatic heterocycles. The van der Waals surface area contributed by atoms with Crippen molar-refractivity contribution in [1.29, 1.82) is 0 Å². The molecule has 1 N–H and O–H groups in total. The third kappa shape index (κ3) is 3.74. The summed E-state index contributed by atoms with van der Waals surface area (Å²) in [5.74, 6) is -0.247. The monoisotopic (exact) mass is 275 g/mol. The minimum absolute atomic E-state index is 0.236. The van der Waals surface area contributed by atoms with Crippen molar-refractivity contribution in [3.05, 3.63) is 40.4 Å². The summed E-state index contributed by atoms with van der Waals surface area (Å²) < 4.78 is 0. The Morgan fingerprint density at radius 3 is 2.81 bits per heavy atom. The van der Waals surface area contributed by atoms with Crippen LogP contribution < -0.4 is 5.32 Å². The van der Waals surface area contributed by atoms with Crippen molar-refractivity contribution in [2.45, 2.75) is 4.90 Å². The first-order chi connectivity index (χ1) is 7.54. The van der Waals surface area contributed by atoms with Gasteiger partial charge in [-0.25, -0.2) is 0 Å². The Bertz CT molecular complexity index is 420. The number of carbonyl (C=O) groups is 1. The number of hydrogen-bond donors (Lipinski definition) is 1. The van der Waals surface area contributed by atoms with E-state index in [0.717, 1.165) is 4.90 Å². The summed E-state index contributed by atoms with van der Waals surface area (Å²) in [5, 5.41) is 3.43. The molecule has 0 spiro atoms. The first-order valence-electron chi connectivity index (χ1n) is 4.49. The van der Waals surface area contributed by atoms with Gasteiger partial charge in [-0.15, -0.1) is 11.8 Å². The van der Waals surface area contributed by atoms with Crippen LogP contribution in [0.25, 0.3) is 0 Å². The van der Waals surface area contributed by atoms with Crippen molar-refractivity contribution in [1.82, 2.24) is 5.32 Å². The van der Waals surface area contributed by atoms with Gasteiger partial charge >= 0.3 is 0 Å². The highest BCUT2D eigenvalue weighted by Crippen LogP contribution is 2.22. The standard InChI is InChI=1S/C11H11Cl2NOS/c1-7(12)6-14-11(15)9-5-8(16-2)3-4-10(9)13/h3-5H,1,6H2,2H3,(H,14,15). The molecule has 86 valence electrons. The number of thioether (sulfide) groups is 1. The predicted molar refractivity (Wildman–Crippen MR) is 70.6 cm³/mol. The molecule has 1 aromatic rings. The average Bonchev–Trinajstić information content (AvgIpc) is 2.26. The number of halogens is 2. The molecule has 0 fully saturated rings. The molecular weight excluding hydrogens is 265 g/mol. The summed E-state index contributed by atoms with van der Waals surface area (Å²) >= 11 is 13.1. The molecule has 0 aliphatic carbocycles. The lowest BCUT2D eigenvalue weighted by atomic mass is 10.2. The van der Waals surface area contributed by atoms with Crippen LogP contribution in [0.5, 0.6) is 0 Å². The molecule has 5 heteroatoms. The van der Waals surface area contributed by atoms with Crippen LogP contribution >= 0.6 is 35.0 Å². The first kappa shape index (κ1) is 13.4. The van der Waals surface area contributed by atoms with Crippen LogP contribution in [0.2, 0.25) is 5.02 Å². The van der Waals surface area contributed by atoms with E-state index in [9.17, 15) is 4.79 Å². The van der Waals surface area contributed by atoms with Crippen molar-refractivity contribution >= 4 is 40.9 Å². The van der Waals surface area contributed by atoms with Crippen molar-refractivity contribution in [2.75, 3.05) is 12.8 Å². The Balaban J connectivity index is 2.85. The maximum atomic E-state index is 11.7. The molecule has 2 nitrogen and oxygen atoms in total. The zero-order chi connectivity index (χ0) is 12.1. The zero-order valence-corrected chi connectivity index (χ0v) is 11.0. The summed E-state index contributed by atoms with van der Waals surface area (Å²) in [5.41, 5.74) is 0.450. The maximum absolute atomic E-state index is 11.7. The van der Waals surface area contributed by atoms with E-state index in [1.54, 1.807) is 23.9 Å². The maximum Gasteiger partial charge on any atom is 0.253 e. The van der Waals surface area contributed by atoms with Crippen LogP contribution in [0, 0.1) is 0 Å². The second kappa shape index (κ2) is 6.18. The van der Waals surface area contributed by atoms with Gasteiger partial charge in [-0.3, -0.25) is 4.79 Å². The molecule has 1 amide bonds. The predicted octanol–water partition coefficient (Wildman–Crippen LogP) is 3.54. The van der Waals surface area contributed by atoms with Crippen LogP contribution in [0.1, 0.15) is 10.4 Å². The highest BCUT2D eigenvalue weighted by Gasteiger charge is 2.10. The van der Waals surface area contributed by atoms with E-state index in [0.29, 0.717) is 15.6 Å². The van der Waals surface area contributed by atoms with E-state index < -0.39 is 0 Å². The number of nitrogens with one attached hydrogen (secondary N) is 1. The smallest absolute Gasteiger partial charge is 0.253 e. The third-order valence-corrected chi connectivity index (χ3v) is 3.05. The third-order valence-electron chi connectivity index (χ3n) is 1.86. The van der Waals surface area contributed by atoms with Crippen LogP contribution in [0.3, 0.4) is 0 Å². The van der Waals surface area contributed by atoms with Gasteiger partial charge < -0.3 is 5.32 Å². The van der Waals surface area contributed by atoms with Crippen molar-refractivity contribution < 1.29 is 4.79 Å². The Morgan fingerprint density at radius 2 is 2.25 bits per heavy atom. The number of rotatable bonds is 4. The van der Waals surface area contributed by atoms with Crippen LogP contribution in [-0.4, -0.2) is 18.7 Å². The number of benzene rings is 1. The number of carbonyl (C=O) groups excluding carboxylic acids is 1. The lowest BCUT2D eigenvalue weighted by molar-refractivity contribution is 0.0957. The van der Waals surface area contributed by atoms with Crippen LogP contribution in [0.15, 0.2) is 34.7 Å². The van der Waals surface area contributed by atoms with E-state index >= 15 is 0 Å². The van der Waals surface area contributed by atoms with Crippen molar-refractivity contribution in [3.8, 4) is 0 Å². The van der Waals surface area contributed by atoms with Gasteiger partial charge in [-0.05, 0) is 24.5 Å². The quantitative estimate of drug-likeness (QED) is 0.852. The Labute approximate surface area is 109 Å². The molecule has 0 saturated heterocycles.